The number of esters is 2. The Labute approximate surface area is 333 Å². The van der Waals surface area contributed by atoms with E-state index in [0.29, 0.717) is 12.8 Å². The number of hydrogen-bond acceptors (Lipinski definition) is 5. The molecule has 0 aliphatic heterocycles. The first-order valence-electron chi connectivity index (χ1n) is 24.1. The van der Waals surface area contributed by atoms with Crippen molar-refractivity contribution in [2.24, 2.45) is 5.73 Å². The molecule has 0 spiro atoms. The summed E-state index contributed by atoms with van der Waals surface area (Å²) in [5.74, 6) is -0.327. The van der Waals surface area contributed by atoms with Crippen LogP contribution in [-0.2, 0) is 19.1 Å². The first-order chi connectivity index (χ1) is 26.1. The lowest BCUT2D eigenvalue weighted by Gasteiger charge is -2.07. The minimum absolute atomic E-state index is 0.164. The van der Waals surface area contributed by atoms with Gasteiger partial charge >= 0.3 is 11.9 Å². The molecule has 0 amide bonds. The van der Waals surface area contributed by atoms with Crippen molar-refractivity contribution in [3.8, 4) is 0 Å². The topological polar surface area (TPSA) is 78.6 Å². The Bertz CT molecular complexity index is 628. The molecule has 0 aromatic rings. The van der Waals surface area contributed by atoms with Crippen LogP contribution in [0.25, 0.3) is 0 Å². The molecule has 0 aliphatic rings. The second-order valence-electron chi connectivity index (χ2n) is 16.1. The van der Waals surface area contributed by atoms with E-state index < -0.39 is 0 Å². The second kappa shape index (κ2) is 50.9. The van der Waals surface area contributed by atoms with Gasteiger partial charge in [-0.05, 0) is 25.8 Å². The maximum atomic E-state index is 11.9. The Morgan fingerprint density at radius 1 is 0.302 bits per heavy atom. The van der Waals surface area contributed by atoms with Crippen LogP contribution in [0.5, 0.6) is 0 Å². The van der Waals surface area contributed by atoms with Gasteiger partial charge in [-0.2, -0.15) is 0 Å². The molecule has 0 atom stereocenters. The summed E-state index contributed by atoms with van der Waals surface area (Å²) in [6.45, 7) is 8.05. The van der Waals surface area contributed by atoms with E-state index in [2.05, 4.69) is 20.8 Å². The molecule has 0 saturated carbocycles. The molecule has 0 aromatic carbocycles. The van der Waals surface area contributed by atoms with E-state index in [0.717, 1.165) is 32.2 Å². The predicted octanol–water partition coefficient (Wildman–Crippen LogP) is 15.7. The SMILES string of the molecule is CCCCCCCCCCCCCCCCCC(=O)OCCOC(=O)CCCCCCCCCCCCCCCCC.CCCCCCCCCCN. The third-order valence-corrected chi connectivity index (χ3v) is 10.6. The van der Waals surface area contributed by atoms with Crippen molar-refractivity contribution in [2.75, 3.05) is 19.8 Å². The molecule has 0 bridgehead atoms. The Morgan fingerprint density at radius 3 is 0.698 bits per heavy atom. The molecule has 318 valence electrons. The number of ether oxygens (including phenoxy) is 2. The number of nitrogens with two attached hydrogens (primary N) is 1. The van der Waals surface area contributed by atoms with Crippen LogP contribution in [0.4, 0.5) is 0 Å². The molecule has 0 aromatic heterocycles. The van der Waals surface area contributed by atoms with Gasteiger partial charge in [0.15, 0.2) is 0 Å². The molecule has 0 saturated heterocycles. The summed E-state index contributed by atoms with van der Waals surface area (Å²) in [5, 5.41) is 0. The van der Waals surface area contributed by atoms with E-state index in [1.54, 1.807) is 0 Å². The Hall–Kier alpha value is -1.10. The van der Waals surface area contributed by atoms with Gasteiger partial charge in [0.2, 0.25) is 0 Å². The summed E-state index contributed by atoms with van der Waals surface area (Å²) < 4.78 is 10.5. The number of hydrogen-bond donors (Lipinski definition) is 1. The molecule has 5 heteroatoms. The van der Waals surface area contributed by atoms with Crippen LogP contribution in [0.2, 0.25) is 0 Å². The van der Waals surface area contributed by atoms with Gasteiger partial charge < -0.3 is 15.2 Å². The molecule has 0 rings (SSSR count). The normalized spacial score (nSPS) is 11.0. The zero-order valence-corrected chi connectivity index (χ0v) is 36.6. The highest BCUT2D eigenvalue weighted by Crippen LogP contribution is 2.15. The average molecular weight is 752 g/mol. The summed E-state index contributed by atoms with van der Waals surface area (Å²) in [5.41, 5.74) is 5.39. The lowest BCUT2D eigenvalue weighted by atomic mass is 10.0. The van der Waals surface area contributed by atoms with Gasteiger partial charge in [-0.15, -0.1) is 0 Å². The molecule has 0 fully saturated rings. The largest absolute Gasteiger partial charge is 0.462 e. The third-order valence-electron chi connectivity index (χ3n) is 10.6. The molecule has 2 N–H and O–H groups in total. The number of carbonyl (C=O) groups excluding carboxylic acids is 2. The van der Waals surface area contributed by atoms with Gasteiger partial charge in [-0.1, -0.05) is 245 Å². The number of rotatable bonds is 43. The fraction of sp³-hybridized carbons (Fsp3) is 0.958. The van der Waals surface area contributed by atoms with E-state index in [1.807, 2.05) is 0 Å². The van der Waals surface area contributed by atoms with Gasteiger partial charge in [-0.25, -0.2) is 0 Å². The second-order valence-corrected chi connectivity index (χ2v) is 16.1. The summed E-state index contributed by atoms with van der Waals surface area (Å²) in [4.78, 5) is 23.8. The minimum Gasteiger partial charge on any atom is -0.462 e. The minimum atomic E-state index is -0.164. The molecular formula is C48H97NO4. The third kappa shape index (κ3) is 53.0. The first kappa shape index (κ1) is 54.0. The highest BCUT2D eigenvalue weighted by Gasteiger charge is 2.06. The van der Waals surface area contributed by atoms with Crippen molar-refractivity contribution in [3.63, 3.8) is 0 Å². The van der Waals surface area contributed by atoms with Crippen molar-refractivity contribution in [3.05, 3.63) is 0 Å². The molecule has 5 nitrogen and oxygen atoms in total. The van der Waals surface area contributed by atoms with Crippen molar-refractivity contribution in [1.29, 1.82) is 0 Å². The lowest BCUT2D eigenvalue weighted by molar-refractivity contribution is -0.152. The van der Waals surface area contributed by atoms with Crippen LogP contribution in [0.15, 0.2) is 0 Å². The average Bonchev–Trinajstić information content (AvgIpc) is 3.16. The van der Waals surface area contributed by atoms with Crippen molar-refractivity contribution >= 4 is 11.9 Å². The Morgan fingerprint density at radius 2 is 0.491 bits per heavy atom. The van der Waals surface area contributed by atoms with Crippen LogP contribution in [-0.4, -0.2) is 31.7 Å². The summed E-state index contributed by atoms with van der Waals surface area (Å²) in [7, 11) is 0. The molecule has 0 unspecified atom stereocenters. The molecule has 53 heavy (non-hydrogen) atoms. The quantitative estimate of drug-likeness (QED) is 0.0496. The summed E-state index contributed by atoms with van der Waals surface area (Å²) in [6, 6.07) is 0. The van der Waals surface area contributed by atoms with Crippen molar-refractivity contribution in [1.82, 2.24) is 0 Å². The van der Waals surface area contributed by atoms with Gasteiger partial charge in [0.25, 0.3) is 0 Å². The highest BCUT2D eigenvalue weighted by molar-refractivity contribution is 5.70. The standard InChI is InChI=1S/C38H74O4.C10H23N/c1-3-5-7-9-11-13-15-17-19-21-23-25-27-29-31-33-37(39)41-35-36-42-38(40)34-32-30-28-26-24-22-20-18-16-14-12-10-8-6-4-2;1-2-3-4-5-6-7-8-9-10-11/h3-36H2,1-2H3;2-11H2,1H3. The zero-order valence-electron chi connectivity index (χ0n) is 36.6. The maximum Gasteiger partial charge on any atom is 0.305 e. The van der Waals surface area contributed by atoms with Crippen LogP contribution in [0, 0.1) is 0 Å². The molecule has 0 aliphatic carbocycles. The molecular weight excluding hydrogens is 655 g/mol. The fourth-order valence-corrected chi connectivity index (χ4v) is 7.01. The van der Waals surface area contributed by atoms with Crippen LogP contribution in [0.1, 0.15) is 278 Å². The highest BCUT2D eigenvalue weighted by atomic mass is 16.6. The predicted molar refractivity (Wildman–Crippen MR) is 233 cm³/mol. The van der Waals surface area contributed by atoms with Crippen LogP contribution >= 0.6 is 0 Å². The number of unbranched alkanes of at least 4 members (excludes halogenated alkanes) is 35. The van der Waals surface area contributed by atoms with Crippen molar-refractivity contribution < 1.29 is 19.1 Å². The zero-order chi connectivity index (χ0) is 39.0. The monoisotopic (exact) mass is 752 g/mol. The first-order valence-corrected chi connectivity index (χ1v) is 24.1. The Balaban J connectivity index is 0. The summed E-state index contributed by atoms with van der Waals surface area (Å²) in [6.07, 6.45) is 51.5. The molecule has 0 heterocycles. The van der Waals surface area contributed by atoms with E-state index >= 15 is 0 Å². The Kier molecular flexibility index (Phi) is 51.9. The smallest absolute Gasteiger partial charge is 0.305 e. The summed E-state index contributed by atoms with van der Waals surface area (Å²) >= 11 is 0. The lowest BCUT2D eigenvalue weighted by Crippen LogP contribution is -2.13. The molecule has 0 radical (unpaired) electrons. The van der Waals surface area contributed by atoms with Gasteiger partial charge in [0, 0.05) is 12.8 Å². The van der Waals surface area contributed by atoms with E-state index in [-0.39, 0.29) is 25.2 Å². The van der Waals surface area contributed by atoms with E-state index in [4.69, 9.17) is 15.2 Å². The number of carbonyl (C=O) groups is 2. The van der Waals surface area contributed by atoms with Gasteiger partial charge in [-0.3, -0.25) is 9.59 Å². The fourth-order valence-electron chi connectivity index (χ4n) is 7.01. The van der Waals surface area contributed by atoms with Crippen LogP contribution < -0.4 is 5.73 Å². The maximum absolute atomic E-state index is 11.9. The van der Waals surface area contributed by atoms with E-state index in [9.17, 15) is 9.59 Å². The van der Waals surface area contributed by atoms with E-state index in [1.165, 1.54) is 218 Å². The van der Waals surface area contributed by atoms with Crippen LogP contribution in [0.3, 0.4) is 0 Å². The van der Waals surface area contributed by atoms with Crippen molar-refractivity contribution in [2.45, 2.75) is 278 Å². The van der Waals surface area contributed by atoms with Gasteiger partial charge in [0.1, 0.15) is 13.2 Å². The van der Waals surface area contributed by atoms with Gasteiger partial charge in [0.05, 0.1) is 0 Å².